The zero-order valence-corrected chi connectivity index (χ0v) is 15.8. The molecule has 0 N–H and O–H groups in total. The Kier molecular flexibility index (Phi) is 4.81. The van der Waals surface area contributed by atoms with Crippen LogP contribution < -0.4 is 5.56 Å². The largest absolute Gasteiger partial charge is 0.298 e. The van der Waals surface area contributed by atoms with Gasteiger partial charge in [-0.2, -0.15) is 0 Å². The van der Waals surface area contributed by atoms with Crippen LogP contribution in [-0.2, 0) is 0 Å². The first kappa shape index (κ1) is 17.8. The number of rotatable bonds is 3. The van der Waals surface area contributed by atoms with Gasteiger partial charge in [0.1, 0.15) is 0 Å². The number of halogens is 3. The van der Waals surface area contributed by atoms with Crippen LogP contribution in [0, 0.1) is 10.1 Å². The lowest BCUT2D eigenvalue weighted by Gasteiger charge is -2.19. The summed E-state index contributed by atoms with van der Waals surface area (Å²) in [6.07, 6.45) is 1.13. The van der Waals surface area contributed by atoms with E-state index in [2.05, 4.69) is 20.9 Å². The van der Waals surface area contributed by atoms with Crippen molar-refractivity contribution in [3.63, 3.8) is 0 Å². The van der Waals surface area contributed by atoms with E-state index in [9.17, 15) is 14.9 Å². The smallest absolute Gasteiger partial charge is 0.285 e. The third-order valence-electron chi connectivity index (χ3n) is 3.85. The van der Waals surface area contributed by atoms with E-state index < -0.39 is 11.0 Å². The number of nitro benzene ring substituents is 1. The lowest BCUT2D eigenvalue weighted by Crippen LogP contribution is -2.24. The third-order valence-corrected chi connectivity index (χ3v) is 5.06. The van der Waals surface area contributed by atoms with Gasteiger partial charge < -0.3 is 0 Å². The number of hydrogen-bond donors (Lipinski definition) is 0. The minimum Gasteiger partial charge on any atom is -0.298 e. The minimum absolute atomic E-state index is 0.126. The highest BCUT2D eigenvalue weighted by atomic mass is 79.9. The van der Waals surface area contributed by atoms with E-state index >= 15 is 0 Å². The summed E-state index contributed by atoms with van der Waals surface area (Å²) in [6, 6.07) is 7.39. The predicted molar refractivity (Wildman–Crippen MR) is 101 cm³/mol. The van der Waals surface area contributed by atoms with Crippen molar-refractivity contribution < 1.29 is 4.92 Å². The monoisotopic (exact) mass is 441 g/mol. The van der Waals surface area contributed by atoms with Crippen LogP contribution in [0.1, 0.15) is 18.5 Å². The Hall–Kier alpha value is -1.96. The van der Waals surface area contributed by atoms with Gasteiger partial charge in [0.25, 0.3) is 11.2 Å². The first-order chi connectivity index (χ1) is 11.8. The van der Waals surface area contributed by atoms with Gasteiger partial charge in [-0.15, -0.1) is 0 Å². The van der Waals surface area contributed by atoms with Crippen molar-refractivity contribution in [2.75, 3.05) is 0 Å². The maximum atomic E-state index is 12.4. The van der Waals surface area contributed by atoms with Gasteiger partial charge in [-0.25, -0.2) is 4.98 Å². The molecule has 0 amide bonds. The second-order valence-electron chi connectivity index (χ2n) is 5.36. The van der Waals surface area contributed by atoms with Crippen LogP contribution in [0.3, 0.4) is 0 Å². The fourth-order valence-corrected chi connectivity index (χ4v) is 3.59. The summed E-state index contributed by atoms with van der Waals surface area (Å²) in [5, 5.41) is 12.1. The van der Waals surface area contributed by atoms with Crippen LogP contribution in [0.25, 0.3) is 11.0 Å². The Morgan fingerprint density at radius 3 is 2.68 bits per heavy atom. The molecular formula is C16H10BrCl2N3O3. The Morgan fingerprint density at radius 1 is 1.28 bits per heavy atom. The molecule has 3 rings (SSSR count). The van der Waals surface area contributed by atoms with Gasteiger partial charge in [0, 0.05) is 16.1 Å². The lowest BCUT2D eigenvalue weighted by atomic mass is 10.1. The first-order valence-corrected chi connectivity index (χ1v) is 8.64. The average molecular weight is 443 g/mol. The van der Waals surface area contributed by atoms with Crippen LogP contribution in [0.5, 0.6) is 0 Å². The van der Waals surface area contributed by atoms with Crippen molar-refractivity contribution >= 4 is 55.9 Å². The molecule has 0 aliphatic carbocycles. The number of hydrogen-bond acceptors (Lipinski definition) is 4. The van der Waals surface area contributed by atoms with Gasteiger partial charge >= 0.3 is 0 Å². The topological polar surface area (TPSA) is 78.0 Å². The highest BCUT2D eigenvalue weighted by Crippen LogP contribution is 2.32. The zero-order valence-electron chi connectivity index (χ0n) is 12.7. The van der Waals surface area contributed by atoms with Crippen LogP contribution in [0.4, 0.5) is 5.69 Å². The highest BCUT2D eigenvalue weighted by Gasteiger charge is 2.20. The fraction of sp³-hybridized carbons (Fsp3) is 0.125. The van der Waals surface area contributed by atoms with Crippen molar-refractivity contribution in [2.24, 2.45) is 0 Å². The highest BCUT2D eigenvalue weighted by molar-refractivity contribution is 9.10. The SMILES string of the molecule is C[C@@H](c1cc(Cl)ccc1Cl)n1c(=O)cnc2cc([N+](=O)[O-])c(Br)cc21. The molecule has 0 bridgehead atoms. The van der Waals surface area contributed by atoms with Gasteiger partial charge in [0.15, 0.2) is 0 Å². The molecule has 9 heteroatoms. The average Bonchev–Trinajstić information content (AvgIpc) is 2.55. The molecule has 0 saturated heterocycles. The first-order valence-electron chi connectivity index (χ1n) is 7.09. The summed E-state index contributed by atoms with van der Waals surface area (Å²) < 4.78 is 1.74. The molecule has 0 unspecified atom stereocenters. The molecule has 0 spiro atoms. The quantitative estimate of drug-likeness (QED) is 0.423. The zero-order chi connectivity index (χ0) is 18.3. The molecule has 0 saturated carbocycles. The molecule has 1 atom stereocenters. The Morgan fingerprint density at radius 2 is 2.00 bits per heavy atom. The number of fused-ring (bicyclic) bond motifs is 1. The summed E-state index contributed by atoms with van der Waals surface area (Å²) in [5.74, 6) is 0. The summed E-state index contributed by atoms with van der Waals surface area (Å²) in [7, 11) is 0. The summed E-state index contributed by atoms with van der Waals surface area (Å²) in [4.78, 5) is 27.1. The lowest BCUT2D eigenvalue weighted by molar-refractivity contribution is -0.385. The third kappa shape index (κ3) is 3.27. The van der Waals surface area contributed by atoms with Crippen LogP contribution in [-0.4, -0.2) is 14.5 Å². The van der Waals surface area contributed by atoms with Crippen molar-refractivity contribution in [3.8, 4) is 0 Å². The van der Waals surface area contributed by atoms with Crippen molar-refractivity contribution in [1.82, 2.24) is 9.55 Å². The molecule has 1 heterocycles. The molecule has 3 aromatic rings. The number of benzene rings is 2. The Labute approximate surface area is 160 Å². The van der Waals surface area contributed by atoms with Crippen molar-refractivity contribution in [1.29, 1.82) is 0 Å². The molecule has 128 valence electrons. The normalized spacial score (nSPS) is 12.3. The molecule has 0 fully saturated rings. The van der Waals surface area contributed by atoms with Crippen LogP contribution in [0.2, 0.25) is 10.0 Å². The second-order valence-corrected chi connectivity index (χ2v) is 7.06. The summed E-state index contributed by atoms with van der Waals surface area (Å²) in [6.45, 7) is 1.80. The molecule has 0 aliphatic heterocycles. The van der Waals surface area contributed by atoms with Crippen LogP contribution in [0.15, 0.2) is 45.8 Å². The maximum Gasteiger partial charge on any atom is 0.285 e. The molecule has 25 heavy (non-hydrogen) atoms. The molecule has 0 radical (unpaired) electrons. The van der Waals surface area contributed by atoms with Gasteiger partial charge in [-0.05, 0) is 52.7 Å². The molecular weight excluding hydrogens is 433 g/mol. The van der Waals surface area contributed by atoms with E-state index in [0.717, 1.165) is 6.20 Å². The fourth-order valence-electron chi connectivity index (χ4n) is 2.66. The minimum atomic E-state index is -0.516. The van der Waals surface area contributed by atoms with E-state index in [1.807, 2.05) is 0 Å². The number of nitro groups is 1. The Balaban J connectivity index is 2.30. The van der Waals surface area contributed by atoms with E-state index in [4.69, 9.17) is 23.2 Å². The molecule has 0 aliphatic rings. The van der Waals surface area contributed by atoms with E-state index in [1.54, 1.807) is 25.1 Å². The van der Waals surface area contributed by atoms with Gasteiger partial charge in [-0.1, -0.05) is 23.2 Å². The van der Waals surface area contributed by atoms with E-state index in [0.29, 0.717) is 26.6 Å². The van der Waals surface area contributed by atoms with Gasteiger partial charge in [-0.3, -0.25) is 19.5 Å². The molecule has 1 aromatic heterocycles. The van der Waals surface area contributed by atoms with Crippen molar-refractivity contribution in [3.05, 3.63) is 77.1 Å². The standard InChI is InChI=1S/C16H10BrCl2N3O3/c1-8(10-4-9(18)2-3-12(10)19)21-15-5-11(17)14(22(24)25)6-13(15)20-7-16(21)23/h2-8H,1H3/t8-/m0/s1. The molecule has 6 nitrogen and oxygen atoms in total. The summed E-state index contributed by atoms with van der Waals surface area (Å²) in [5.41, 5.74) is 0.974. The van der Waals surface area contributed by atoms with Crippen molar-refractivity contribution in [2.45, 2.75) is 13.0 Å². The summed E-state index contributed by atoms with van der Waals surface area (Å²) >= 11 is 15.5. The predicted octanol–water partition coefficient (Wildman–Crippen LogP) is 4.98. The number of aromatic nitrogens is 2. The van der Waals surface area contributed by atoms with E-state index in [1.165, 1.54) is 16.7 Å². The van der Waals surface area contributed by atoms with Crippen LogP contribution >= 0.6 is 39.1 Å². The second kappa shape index (κ2) is 6.74. The molecule has 2 aromatic carbocycles. The van der Waals surface area contributed by atoms with Gasteiger partial charge in [0.2, 0.25) is 0 Å². The number of nitrogens with zero attached hydrogens (tertiary/aromatic N) is 3. The van der Waals surface area contributed by atoms with Gasteiger partial charge in [0.05, 0.1) is 32.7 Å². The van der Waals surface area contributed by atoms with E-state index in [-0.39, 0.29) is 15.7 Å². The maximum absolute atomic E-state index is 12.4. The Bertz CT molecular complexity index is 1070.